The molecule has 0 saturated heterocycles. The van der Waals surface area contributed by atoms with Crippen LogP contribution in [0.4, 0.5) is 11.4 Å². The number of carbonyl (C=O) groups excluding carboxylic acids is 2. The molecule has 1 amide bonds. The largest absolute Gasteiger partial charge is 0.478 e. The van der Waals surface area contributed by atoms with Gasteiger partial charge in [0.05, 0.1) is 16.7 Å². The zero-order valence-electron chi connectivity index (χ0n) is 21.0. The van der Waals surface area contributed by atoms with Crippen LogP contribution in [0.5, 0.6) is 11.5 Å². The number of carboxylic acids is 2. The number of amides is 1. The second-order valence-electron chi connectivity index (χ2n) is 8.84. The maximum Gasteiger partial charge on any atom is 0.336 e. The lowest BCUT2D eigenvalue weighted by atomic mass is 9.96. The Bertz CT molecular complexity index is 1640. The van der Waals surface area contributed by atoms with Gasteiger partial charge in [-0.1, -0.05) is 12.1 Å². The van der Waals surface area contributed by atoms with E-state index in [1.165, 1.54) is 36.4 Å². The average Bonchev–Trinajstić information content (AvgIpc) is 2.89. The number of benzene rings is 4. The molecule has 9 nitrogen and oxygen atoms in total. The summed E-state index contributed by atoms with van der Waals surface area (Å²) in [5.74, 6) is -2.97. The molecule has 0 saturated carbocycles. The van der Waals surface area contributed by atoms with E-state index in [1.54, 1.807) is 12.1 Å². The van der Waals surface area contributed by atoms with E-state index >= 15 is 0 Å². The van der Waals surface area contributed by atoms with E-state index in [9.17, 15) is 29.4 Å². The summed E-state index contributed by atoms with van der Waals surface area (Å²) >= 11 is 0. The van der Waals surface area contributed by atoms with Gasteiger partial charge in [0.1, 0.15) is 11.5 Å². The first-order valence-electron chi connectivity index (χ1n) is 11.7. The average molecular weight is 525 g/mol. The predicted octanol–water partition coefficient (Wildman–Crippen LogP) is 5.81. The number of anilines is 2. The van der Waals surface area contributed by atoms with Crippen molar-refractivity contribution in [3.63, 3.8) is 0 Å². The molecule has 0 unspecified atom stereocenters. The van der Waals surface area contributed by atoms with Gasteiger partial charge in [-0.2, -0.15) is 0 Å². The van der Waals surface area contributed by atoms with E-state index in [0.717, 1.165) is 22.3 Å². The Morgan fingerprint density at radius 2 is 1.33 bits per heavy atom. The predicted molar refractivity (Wildman–Crippen MR) is 146 cm³/mol. The van der Waals surface area contributed by atoms with Crippen LogP contribution >= 0.6 is 0 Å². The van der Waals surface area contributed by atoms with Gasteiger partial charge in [0, 0.05) is 16.9 Å². The third-order valence-electron chi connectivity index (χ3n) is 6.11. The smallest absolute Gasteiger partial charge is 0.336 e. The molecule has 4 aromatic carbocycles. The molecule has 0 fully saturated rings. The molecule has 0 spiro atoms. The standard InChI is InChI=1S/C30H24N2O7/c1-16-11-19(31)3-7-23(16)24-8-4-20(12-17(24)2)32-28(34)27-14-22(6-10-26(27)30(37)38)39-21-5-9-25(29(35)36)18(13-21)15-33/h3-15H,31H2,1-2H3,(H,32,34)(H,35,36)(H,37,38). The number of ether oxygens (including phenoxy) is 1. The van der Waals surface area contributed by atoms with Crippen LogP contribution < -0.4 is 15.8 Å². The molecule has 0 heterocycles. The van der Waals surface area contributed by atoms with E-state index < -0.39 is 17.8 Å². The highest BCUT2D eigenvalue weighted by molar-refractivity contribution is 6.11. The first kappa shape index (κ1) is 26.6. The zero-order chi connectivity index (χ0) is 28.3. The van der Waals surface area contributed by atoms with E-state index in [2.05, 4.69) is 5.32 Å². The molecule has 0 aliphatic carbocycles. The fourth-order valence-electron chi connectivity index (χ4n) is 4.22. The second-order valence-corrected chi connectivity index (χ2v) is 8.84. The van der Waals surface area contributed by atoms with Crippen LogP contribution in [0.1, 0.15) is 52.6 Å². The van der Waals surface area contributed by atoms with Crippen LogP contribution in [-0.4, -0.2) is 34.3 Å². The van der Waals surface area contributed by atoms with Gasteiger partial charge >= 0.3 is 11.9 Å². The molecule has 5 N–H and O–H groups in total. The number of aryl methyl sites for hydroxylation is 2. The third-order valence-corrected chi connectivity index (χ3v) is 6.11. The molecule has 4 rings (SSSR count). The number of hydrogen-bond donors (Lipinski definition) is 4. The number of aromatic carboxylic acids is 2. The topological polar surface area (TPSA) is 156 Å². The fourth-order valence-corrected chi connectivity index (χ4v) is 4.22. The molecule has 196 valence electrons. The normalized spacial score (nSPS) is 10.5. The maximum atomic E-state index is 13.2. The van der Waals surface area contributed by atoms with E-state index in [0.29, 0.717) is 17.7 Å². The number of aldehydes is 1. The van der Waals surface area contributed by atoms with Crippen LogP contribution in [-0.2, 0) is 0 Å². The van der Waals surface area contributed by atoms with Crippen molar-refractivity contribution in [2.24, 2.45) is 0 Å². The van der Waals surface area contributed by atoms with Gasteiger partial charge in [0.2, 0.25) is 0 Å². The van der Waals surface area contributed by atoms with Crippen molar-refractivity contribution < 1.29 is 34.1 Å². The van der Waals surface area contributed by atoms with Crippen molar-refractivity contribution in [3.05, 3.63) is 106 Å². The van der Waals surface area contributed by atoms with Crippen molar-refractivity contribution in [1.29, 1.82) is 0 Å². The van der Waals surface area contributed by atoms with Gasteiger partial charge in [-0.15, -0.1) is 0 Å². The van der Waals surface area contributed by atoms with Crippen molar-refractivity contribution in [1.82, 2.24) is 0 Å². The number of nitrogen functional groups attached to an aromatic ring is 1. The van der Waals surface area contributed by atoms with Crippen molar-refractivity contribution >= 4 is 35.5 Å². The van der Waals surface area contributed by atoms with Gasteiger partial charge in [-0.05, 0) is 96.8 Å². The number of nitrogens with two attached hydrogens (primary N) is 1. The second kappa shape index (κ2) is 10.9. The summed E-state index contributed by atoms with van der Waals surface area (Å²) in [7, 11) is 0. The van der Waals surface area contributed by atoms with Gasteiger partial charge < -0.3 is 26.0 Å². The minimum absolute atomic E-state index is 0.0897. The Morgan fingerprint density at radius 1 is 0.744 bits per heavy atom. The SMILES string of the molecule is Cc1cc(N)ccc1-c1ccc(NC(=O)c2cc(Oc3ccc(C(=O)O)c(C=O)c3)ccc2C(=O)O)cc1C. The van der Waals surface area contributed by atoms with Gasteiger partial charge in [0.25, 0.3) is 5.91 Å². The Morgan fingerprint density at radius 3 is 1.92 bits per heavy atom. The summed E-state index contributed by atoms with van der Waals surface area (Å²) in [6.45, 7) is 3.87. The summed E-state index contributed by atoms with van der Waals surface area (Å²) < 4.78 is 5.70. The number of rotatable bonds is 8. The molecule has 0 aliphatic rings. The zero-order valence-corrected chi connectivity index (χ0v) is 21.0. The van der Waals surface area contributed by atoms with Gasteiger partial charge in [-0.25, -0.2) is 9.59 Å². The summed E-state index contributed by atoms with van der Waals surface area (Å²) in [6, 6.07) is 18.7. The van der Waals surface area contributed by atoms with Crippen molar-refractivity contribution in [2.45, 2.75) is 13.8 Å². The van der Waals surface area contributed by atoms with Crippen LogP contribution in [0.15, 0.2) is 72.8 Å². The Balaban J connectivity index is 1.61. The summed E-state index contributed by atoms with van der Waals surface area (Å²) in [4.78, 5) is 47.5. The molecule has 0 radical (unpaired) electrons. The van der Waals surface area contributed by atoms with Gasteiger partial charge in [-0.3, -0.25) is 9.59 Å². The van der Waals surface area contributed by atoms with Crippen LogP contribution in [0, 0.1) is 13.8 Å². The molecule has 0 aliphatic heterocycles. The van der Waals surface area contributed by atoms with Crippen molar-refractivity contribution in [2.75, 3.05) is 11.1 Å². The molecular formula is C30H24N2O7. The Labute approximate surface area is 223 Å². The minimum atomic E-state index is -1.30. The highest BCUT2D eigenvalue weighted by Gasteiger charge is 2.19. The molecule has 4 aromatic rings. The number of carboxylic acid groups (broad SMARTS) is 2. The number of carbonyl (C=O) groups is 4. The van der Waals surface area contributed by atoms with Crippen LogP contribution in [0.25, 0.3) is 11.1 Å². The lowest BCUT2D eigenvalue weighted by Gasteiger charge is -2.14. The molecule has 0 atom stereocenters. The molecular weight excluding hydrogens is 500 g/mol. The quantitative estimate of drug-likeness (QED) is 0.166. The van der Waals surface area contributed by atoms with E-state index in [1.807, 2.05) is 38.1 Å². The molecule has 0 aromatic heterocycles. The minimum Gasteiger partial charge on any atom is -0.478 e. The highest BCUT2D eigenvalue weighted by atomic mass is 16.5. The van der Waals surface area contributed by atoms with E-state index in [-0.39, 0.29) is 33.8 Å². The molecule has 39 heavy (non-hydrogen) atoms. The first-order valence-corrected chi connectivity index (χ1v) is 11.7. The fraction of sp³-hybridized carbons (Fsp3) is 0.0667. The molecule has 9 heteroatoms. The monoisotopic (exact) mass is 524 g/mol. The summed E-state index contributed by atoms with van der Waals surface area (Å²) in [6.07, 6.45) is 0.393. The summed E-state index contributed by atoms with van der Waals surface area (Å²) in [5.41, 5.74) is 10.2. The Kier molecular flexibility index (Phi) is 7.44. The highest BCUT2D eigenvalue weighted by Crippen LogP contribution is 2.31. The van der Waals surface area contributed by atoms with Crippen LogP contribution in [0.3, 0.4) is 0 Å². The van der Waals surface area contributed by atoms with Gasteiger partial charge in [0.15, 0.2) is 6.29 Å². The van der Waals surface area contributed by atoms with Crippen molar-refractivity contribution in [3.8, 4) is 22.6 Å². The van der Waals surface area contributed by atoms with E-state index in [4.69, 9.17) is 10.5 Å². The maximum absolute atomic E-state index is 13.2. The lowest BCUT2D eigenvalue weighted by molar-refractivity contribution is 0.0684. The lowest BCUT2D eigenvalue weighted by Crippen LogP contribution is -2.16. The number of hydrogen-bond acceptors (Lipinski definition) is 6. The molecule has 0 bridgehead atoms. The van der Waals surface area contributed by atoms with Crippen LogP contribution in [0.2, 0.25) is 0 Å². The first-order chi connectivity index (χ1) is 18.6. The third kappa shape index (κ3) is 5.78. The summed E-state index contributed by atoms with van der Waals surface area (Å²) in [5, 5.41) is 21.6. The Hall–Kier alpha value is -5.44. The number of nitrogens with one attached hydrogen (secondary N) is 1.